The van der Waals surface area contributed by atoms with Crippen molar-refractivity contribution in [2.45, 2.75) is 19.3 Å². The van der Waals surface area contributed by atoms with Gasteiger partial charge in [0.2, 0.25) is 0 Å². The zero-order valence-corrected chi connectivity index (χ0v) is 10.9. The van der Waals surface area contributed by atoms with Crippen molar-refractivity contribution in [3.8, 4) is 0 Å². The highest BCUT2D eigenvalue weighted by molar-refractivity contribution is 7.09. The second-order valence-corrected chi connectivity index (χ2v) is 4.75. The number of carbonyl (C=O) groups is 1. The van der Waals surface area contributed by atoms with Crippen molar-refractivity contribution in [3.63, 3.8) is 0 Å². The molecule has 0 unspecified atom stereocenters. The van der Waals surface area contributed by atoms with Crippen molar-refractivity contribution in [3.05, 3.63) is 46.2 Å². The van der Waals surface area contributed by atoms with E-state index in [-0.39, 0.29) is 5.97 Å². The summed E-state index contributed by atoms with van der Waals surface area (Å²) < 4.78 is 4.60. The van der Waals surface area contributed by atoms with Gasteiger partial charge in [-0.15, -0.1) is 11.3 Å². The van der Waals surface area contributed by atoms with E-state index < -0.39 is 0 Å². The van der Waals surface area contributed by atoms with Crippen molar-refractivity contribution in [1.82, 2.24) is 9.97 Å². The van der Waals surface area contributed by atoms with Crippen LogP contribution in [-0.4, -0.2) is 23.0 Å². The lowest BCUT2D eigenvalue weighted by Crippen LogP contribution is -2.02. The summed E-state index contributed by atoms with van der Waals surface area (Å²) in [4.78, 5) is 19.8. The SMILES string of the molecule is COC(=O)CCc1csc(Cc2ccccn2)n1. The Bertz CT molecular complexity index is 511. The predicted molar refractivity (Wildman–Crippen MR) is 69.5 cm³/mol. The van der Waals surface area contributed by atoms with Crippen LogP contribution in [0, 0.1) is 0 Å². The average Bonchev–Trinajstić information content (AvgIpc) is 2.85. The number of hydrogen-bond donors (Lipinski definition) is 0. The minimum Gasteiger partial charge on any atom is -0.469 e. The van der Waals surface area contributed by atoms with Gasteiger partial charge in [-0.2, -0.15) is 0 Å². The van der Waals surface area contributed by atoms with Crippen molar-refractivity contribution in [2.24, 2.45) is 0 Å². The first-order chi connectivity index (χ1) is 8.78. The Morgan fingerprint density at radius 3 is 3.00 bits per heavy atom. The minimum atomic E-state index is -0.200. The molecule has 0 aliphatic rings. The standard InChI is InChI=1S/C13H14N2O2S/c1-17-13(16)6-5-11-9-18-12(15-11)8-10-4-2-3-7-14-10/h2-4,7,9H,5-6,8H2,1H3. The van der Waals surface area contributed by atoms with Crippen molar-refractivity contribution in [1.29, 1.82) is 0 Å². The first-order valence-corrected chi connectivity index (χ1v) is 6.56. The molecule has 2 rings (SSSR count). The number of rotatable bonds is 5. The molecular formula is C13H14N2O2S. The molecular weight excluding hydrogens is 248 g/mol. The average molecular weight is 262 g/mol. The maximum Gasteiger partial charge on any atom is 0.305 e. The molecule has 0 saturated carbocycles. The number of hydrogen-bond acceptors (Lipinski definition) is 5. The molecule has 5 heteroatoms. The van der Waals surface area contributed by atoms with Crippen molar-refractivity contribution >= 4 is 17.3 Å². The first-order valence-electron chi connectivity index (χ1n) is 5.68. The van der Waals surface area contributed by atoms with E-state index in [0.717, 1.165) is 22.8 Å². The highest BCUT2D eigenvalue weighted by Gasteiger charge is 2.06. The fourth-order valence-corrected chi connectivity index (χ4v) is 2.38. The first kappa shape index (κ1) is 12.7. The third kappa shape index (κ3) is 3.63. The molecule has 0 aromatic carbocycles. The van der Waals surface area contributed by atoms with Gasteiger partial charge in [0.15, 0.2) is 0 Å². The molecule has 4 nitrogen and oxygen atoms in total. The topological polar surface area (TPSA) is 52.1 Å². The summed E-state index contributed by atoms with van der Waals surface area (Å²) >= 11 is 1.60. The van der Waals surface area contributed by atoms with E-state index >= 15 is 0 Å². The third-order valence-electron chi connectivity index (χ3n) is 2.47. The van der Waals surface area contributed by atoms with Crippen LogP contribution in [0.2, 0.25) is 0 Å². The van der Waals surface area contributed by atoms with E-state index in [4.69, 9.17) is 0 Å². The molecule has 94 valence electrons. The van der Waals surface area contributed by atoms with Crippen LogP contribution in [0.25, 0.3) is 0 Å². The van der Waals surface area contributed by atoms with Gasteiger partial charge in [-0.25, -0.2) is 4.98 Å². The van der Waals surface area contributed by atoms with E-state index in [1.54, 1.807) is 17.5 Å². The minimum absolute atomic E-state index is 0.200. The number of esters is 1. The Kier molecular flexibility index (Phi) is 4.41. The molecule has 0 N–H and O–H groups in total. The van der Waals surface area contributed by atoms with Crippen LogP contribution in [0.1, 0.15) is 22.8 Å². The van der Waals surface area contributed by atoms with Crippen LogP contribution in [0.3, 0.4) is 0 Å². The van der Waals surface area contributed by atoms with Crippen LogP contribution < -0.4 is 0 Å². The summed E-state index contributed by atoms with van der Waals surface area (Å²) in [6.07, 6.45) is 3.53. The lowest BCUT2D eigenvalue weighted by atomic mass is 10.2. The second-order valence-electron chi connectivity index (χ2n) is 3.81. The summed E-state index contributed by atoms with van der Waals surface area (Å²) in [5.74, 6) is -0.200. The summed E-state index contributed by atoms with van der Waals surface area (Å²) in [7, 11) is 1.40. The van der Waals surface area contributed by atoms with Gasteiger partial charge in [0.1, 0.15) is 0 Å². The van der Waals surface area contributed by atoms with E-state index in [1.165, 1.54) is 7.11 Å². The Morgan fingerprint density at radius 2 is 2.28 bits per heavy atom. The smallest absolute Gasteiger partial charge is 0.305 e. The molecule has 0 spiro atoms. The summed E-state index contributed by atoms with van der Waals surface area (Å²) in [6, 6.07) is 5.84. The Labute approximate surface area is 110 Å². The van der Waals surface area contributed by atoms with E-state index in [9.17, 15) is 4.79 Å². The lowest BCUT2D eigenvalue weighted by molar-refractivity contribution is -0.140. The van der Waals surface area contributed by atoms with Crippen LogP contribution in [-0.2, 0) is 22.4 Å². The number of thiazole rings is 1. The number of aryl methyl sites for hydroxylation is 1. The quantitative estimate of drug-likeness (QED) is 0.775. The van der Waals surface area contributed by atoms with Gasteiger partial charge in [-0.1, -0.05) is 6.07 Å². The number of methoxy groups -OCH3 is 1. The Hall–Kier alpha value is -1.75. The van der Waals surface area contributed by atoms with E-state index in [0.29, 0.717) is 12.8 Å². The molecule has 18 heavy (non-hydrogen) atoms. The molecule has 2 aromatic rings. The fraction of sp³-hybridized carbons (Fsp3) is 0.308. The molecule has 0 aliphatic carbocycles. The van der Waals surface area contributed by atoms with Gasteiger partial charge in [0.05, 0.1) is 24.2 Å². The molecule has 0 fully saturated rings. The zero-order chi connectivity index (χ0) is 12.8. The van der Waals surface area contributed by atoms with Gasteiger partial charge in [0.25, 0.3) is 0 Å². The summed E-state index contributed by atoms with van der Waals surface area (Å²) in [5.41, 5.74) is 1.95. The van der Waals surface area contributed by atoms with E-state index in [2.05, 4.69) is 14.7 Å². The number of pyridine rings is 1. The molecule has 2 heterocycles. The van der Waals surface area contributed by atoms with Crippen molar-refractivity contribution < 1.29 is 9.53 Å². The molecule has 0 aliphatic heterocycles. The van der Waals surface area contributed by atoms with Gasteiger partial charge < -0.3 is 4.74 Å². The fourth-order valence-electron chi connectivity index (χ4n) is 1.53. The van der Waals surface area contributed by atoms with Gasteiger partial charge in [-0.3, -0.25) is 9.78 Å². The monoisotopic (exact) mass is 262 g/mol. The molecule has 2 aromatic heterocycles. The Morgan fingerprint density at radius 1 is 1.39 bits per heavy atom. The summed E-state index contributed by atoms with van der Waals surface area (Å²) in [5, 5.41) is 3.01. The van der Waals surface area contributed by atoms with Gasteiger partial charge in [-0.05, 0) is 12.1 Å². The third-order valence-corrected chi connectivity index (χ3v) is 3.37. The second kappa shape index (κ2) is 6.26. The zero-order valence-electron chi connectivity index (χ0n) is 10.1. The summed E-state index contributed by atoms with van der Waals surface area (Å²) in [6.45, 7) is 0. The van der Waals surface area contributed by atoms with Crippen LogP contribution in [0.4, 0.5) is 0 Å². The molecule has 0 bridgehead atoms. The lowest BCUT2D eigenvalue weighted by Gasteiger charge is -1.97. The number of nitrogens with zero attached hydrogens (tertiary/aromatic N) is 2. The van der Waals surface area contributed by atoms with Crippen LogP contribution in [0.5, 0.6) is 0 Å². The number of aromatic nitrogens is 2. The van der Waals surface area contributed by atoms with Crippen LogP contribution in [0.15, 0.2) is 29.8 Å². The van der Waals surface area contributed by atoms with Crippen LogP contribution >= 0.6 is 11.3 Å². The van der Waals surface area contributed by atoms with Crippen molar-refractivity contribution in [2.75, 3.05) is 7.11 Å². The number of ether oxygens (including phenoxy) is 1. The molecule has 0 atom stereocenters. The molecule has 0 radical (unpaired) electrons. The normalized spacial score (nSPS) is 10.3. The van der Waals surface area contributed by atoms with Gasteiger partial charge >= 0.3 is 5.97 Å². The Balaban J connectivity index is 1.92. The maximum absolute atomic E-state index is 11.0. The van der Waals surface area contributed by atoms with Gasteiger partial charge in [0, 0.05) is 30.1 Å². The largest absolute Gasteiger partial charge is 0.469 e. The number of carbonyl (C=O) groups excluding carboxylic acids is 1. The highest BCUT2D eigenvalue weighted by atomic mass is 32.1. The van der Waals surface area contributed by atoms with E-state index in [1.807, 2.05) is 23.6 Å². The highest BCUT2D eigenvalue weighted by Crippen LogP contribution is 2.14. The molecule has 0 amide bonds. The molecule has 0 saturated heterocycles. The predicted octanol–water partition coefficient (Wildman–Crippen LogP) is 2.23. The maximum atomic E-state index is 11.0.